The fourth-order valence-corrected chi connectivity index (χ4v) is 4.34. The second-order valence-corrected chi connectivity index (χ2v) is 8.29. The van der Waals surface area contributed by atoms with Crippen molar-refractivity contribution >= 4 is 23.2 Å². The third-order valence-electron chi connectivity index (χ3n) is 5.28. The molecule has 2 heterocycles. The lowest BCUT2D eigenvalue weighted by molar-refractivity contribution is -0.137. The van der Waals surface area contributed by atoms with Gasteiger partial charge in [0.15, 0.2) is 0 Å². The van der Waals surface area contributed by atoms with Crippen molar-refractivity contribution in [3.8, 4) is 10.6 Å². The summed E-state index contributed by atoms with van der Waals surface area (Å²) in [5, 5.41) is 2.32. The van der Waals surface area contributed by atoms with Crippen molar-refractivity contribution in [2.45, 2.75) is 12.6 Å². The van der Waals surface area contributed by atoms with E-state index >= 15 is 0 Å². The van der Waals surface area contributed by atoms with Crippen molar-refractivity contribution in [3.05, 3.63) is 76.8 Å². The van der Waals surface area contributed by atoms with Gasteiger partial charge in [0, 0.05) is 42.7 Å². The van der Waals surface area contributed by atoms with Crippen LogP contribution in [0.15, 0.2) is 60.0 Å². The Morgan fingerprint density at radius 2 is 1.53 bits per heavy atom. The summed E-state index contributed by atoms with van der Waals surface area (Å²) in [6.45, 7) is 1.83. The molecule has 1 aliphatic rings. The van der Waals surface area contributed by atoms with Gasteiger partial charge in [0.25, 0.3) is 5.91 Å². The summed E-state index contributed by atoms with van der Waals surface area (Å²) in [4.78, 5) is 33.1. The second-order valence-electron chi connectivity index (χ2n) is 7.43. The molecule has 0 N–H and O–H groups in total. The van der Waals surface area contributed by atoms with E-state index in [0.29, 0.717) is 48.0 Å². The van der Waals surface area contributed by atoms with Gasteiger partial charge in [-0.3, -0.25) is 9.59 Å². The zero-order chi connectivity index (χ0) is 22.7. The number of rotatable bonds is 4. The molecule has 2 amide bonds. The van der Waals surface area contributed by atoms with Gasteiger partial charge in [-0.25, -0.2) is 4.98 Å². The van der Waals surface area contributed by atoms with Crippen molar-refractivity contribution in [2.24, 2.45) is 0 Å². The number of piperazine rings is 1. The quantitative estimate of drug-likeness (QED) is 0.583. The van der Waals surface area contributed by atoms with Crippen molar-refractivity contribution < 1.29 is 22.8 Å². The highest BCUT2D eigenvalue weighted by Gasteiger charge is 2.30. The highest BCUT2D eigenvalue weighted by molar-refractivity contribution is 7.13. The third kappa shape index (κ3) is 4.99. The highest BCUT2D eigenvalue weighted by atomic mass is 32.1. The fraction of sp³-hybridized carbons (Fsp3) is 0.261. The first kappa shape index (κ1) is 22.0. The minimum absolute atomic E-state index is 0.0432. The van der Waals surface area contributed by atoms with Crippen LogP contribution in [0.2, 0.25) is 0 Å². The Kier molecular flexibility index (Phi) is 6.27. The fourth-order valence-electron chi connectivity index (χ4n) is 3.51. The Hall–Kier alpha value is -3.20. The van der Waals surface area contributed by atoms with Crippen molar-refractivity contribution in [3.63, 3.8) is 0 Å². The van der Waals surface area contributed by atoms with Crippen LogP contribution in [0.4, 0.5) is 13.2 Å². The SMILES string of the molecule is O=C(Cc1csc(-c2ccc(C(F)(F)F)cc2)n1)N1CCN(C(=O)c2ccccc2)CC1. The van der Waals surface area contributed by atoms with Gasteiger partial charge in [-0.05, 0) is 24.3 Å². The van der Waals surface area contributed by atoms with E-state index in [1.54, 1.807) is 27.3 Å². The summed E-state index contributed by atoms with van der Waals surface area (Å²) in [5.41, 5.74) is 1.08. The van der Waals surface area contributed by atoms with Crippen LogP contribution >= 0.6 is 11.3 Å². The number of benzene rings is 2. The first-order chi connectivity index (χ1) is 15.3. The van der Waals surface area contributed by atoms with E-state index in [2.05, 4.69) is 4.98 Å². The predicted octanol–water partition coefficient (Wildman–Crippen LogP) is 4.36. The molecule has 0 spiro atoms. The molecule has 32 heavy (non-hydrogen) atoms. The van der Waals surface area contributed by atoms with E-state index in [9.17, 15) is 22.8 Å². The van der Waals surface area contributed by atoms with E-state index in [-0.39, 0.29) is 18.2 Å². The van der Waals surface area contributed by atoms with Gasteiger partial charge in [0.1, 0.15) is 5.01 Å². The molecule has 4 rings (SSSR count). The van der Waals surface area contributed by atoms with Crippen molar-refractivity contribution in [1.82, 2.24) is 14.8 Å². The highest BCUT2D eigenvalue weighted by Crippen LogP contribution is 2.31. The molecule has 1 saturated heterocycles. The maximum absolute atomic E-state index is 12.7. The summed E-state index contributed by atoms with van der Waals surface area (Å²) in [7, 11) is 0. The Balaban J connectivity index is 1.32. The molecular weight excluding hydrogens is 439 g/mol. The number of hydrogen-bond donors (Lipinski definition) is 0. The van der Waals surface area contributed by atoms with Gasteiger partial charge in [0.05, 0.1) is 17.7 Å². The molecular formula is C23H20F3N3O2S. The summed E-state index contributed by atoms with van der Waals surface area (Å²) in [6.07, 6.45) is -4.27. The number of amides is 2. The lowest BCUT2D eigenvalue weighted by atomic mass is 10.1. The van der Waals surface area contributed by atoms with Crippen LogP contribution in [-0.2, 0) is 17.4 Å². The smallest absolute Gasteiger partial charge is 0.339 e. The molecule has 1 fully saturated rings. The number of thiazole rings is 1. The maximum Gasteiger partial charge on any atom is 0.416 e. The summed E-state index contributed by atoms with van der Waals surface area (Å²) in [6, 6.07) is 13.9. The van der Waals surface area contributed by atoms with Crippen LogP contribution in [-0.4, -0.2) is 52.8 Å². The topological polar surface area (TPSA) is 53.5 Å². The van der Waals surface area contributed by atoms with Crippen LogP contribution in [0.5, 0.6) is 0 Å². The molecule has 2 aromatic carbocycles. The number of alkyl halides is 3. The molecule has 0 radical (unpaired) electrons. The van der Waals surface area contributed by atoms with Gasteiger partial charge in [-0.15, -0.1) is 11.3 Å². The first-order valence-corrected chi connectivity index (χ1v) is 10.9. The van der Waals surface area contributed by atoms with Crippen LogP contribution in [0.25, 0.3) is 10.6 Å². The molecule has 1 aliphatic heterocycles. The number of carbonyl (C=O) groups is 2. The Bertz CT molecular complexity index is 1090. The average Bonchev–Trinajstić information content (AvgIpc) is 3.27. The molecule has 0 aliphatic carbocycles. The molecule has 0 atom stereocenters. The predicted molar refractivity (Wildman–Crippen MR) is 115 cm³/mol. The summed E-state index contributed by atoms with van der Waals surface area (Å²) >= 11 is 1.29. The second kappa shape index (κ2) is 9.12. The van der Waals surface area contributed by atoms with Gasteiger partial charge in [-0.1, -0.05) is 30.3 Å². The Labute approximate surface area is 187 Å². The summed E-state index contributed by atoms with van der Waals surface area (Å²) < 4.78 is 38.2. The van der Waals surface area contributed by atoms with E-state index in [1.807, 2.05) is 18.2 Å². The zero-order valence-corrected chi connectivity index (χ0v) is 17.8. The molecule has 166 valence electrons. The molecule has 1 aromatic heterocycles. The van der Waals surface area contributed by atoms with Gasteiger partial charge in [0.2, 0.25) is 5.91 Å². The average molecular weight is 459 g/mol. The zero-order valence-electron chi connectivity index (χ0n) is 17.0. The number of hydrogen-bond acceptors (Lipinski definition) is 4. The third-order valence-corrected chi connectivity index (χ3v) is 6.22. The first-order valence-electron chi connectivity index (χ1n) is 10.1. The Morgan fingerprint density at radius 1 is 0.906 bits per heavy atom. The minimum atomic E-state index is -4.38. The lowest BCUT2D eigenvalue weighted by Crippen LogP contribution is -2.51. The monoisotopic (exact) mass is 459 g/mol. The van der Waals surface area contributed by atoms with E-state index < -0.39 is 11.7 Å². The van der Waals surface area contributed by atoms with Gasteiger partial charge >= 0.3 is 6.18 Å². The normalized spacial score (nSPS) is 14.5. The number of halogens is 3. The maximum atomic E-state index is 12.7. The van der Waals surface area contributed by atoms with Crippen molar-refractivity contribution in [1.29, 1.82) is 0 Å². The Morgan fingerprint density at radius 3 is 2.16 bits per heavy atom. The van der Waals surface area contributed by atoms with Crippen molar-refractivity contribution in [2.75, 3.05) is 26.2 Å². The molecule has 5 nitrogen and oxygen atoms in total. The minimum Gasteiger partial charge on any atom is -0.339 e. The van der Waals surface area contributed by atoms with E-state index in [0.717, 1.165) is 12.1 Å². The van der Waals surface area contributed by atoms with Gasteiger partial charge < -0.3 is 9.80 Å². The van der Waals surface area contributed by atoms with Crippen LogP contribution in [0.3, 0.4) is 0 Å². The number of nitrogens with zero attached hydrogens (tertiary/aromatic N) is 3. The van der Waals surface area contributed by atoms with Crippen LogP contribution < -0.4 is 0 Å². The molecule has 3 aromatic rings. The van der Waals surface area contributed by atoms with Crippen LogP contribution in [0, 0.1) is 0 Å². The van der Waals surface area contributed by atoms with E-state index in [4.69, 9.17) is 0 Å². The molecule has 0 saturated carbocycles. The number of carbonyl (C=O) groups excluding carboxylic acids is 2. The number of aromatic nitrogens is 1. The molecule has 0 unspecified atom stereocenters. The van der Waals surface area contributed by atoms with E-state index in [1.165, 1.54) is 23.5 Å². The standard InChI is InChI=1S/C23H20F3N3O2S/c24-23(25,26)18-8-6-16(7-9-18)21-27-19(15-32-21)14-20(30)28-10-12-29(13-11-28)22(31)17-4-2-1-3-5-17/h1-9,15H,10-14H2. The molecule has 0 bridgehead atoms. The lowest BCUT2D eigenvalue weighted by Gasteiger charge is -2.34. The van der Waals surface area contributed by atoms with Gasteiger partial charge in [-0.2, -0.15) is 13.2 Å². The molecule has 9 heteroatoms. The summed E-state index contributed by atoms with van der Waals surface area (Å²) in [5.74, 6) is -0.125. The largest absolute Gasteiger partial charge is 0.416 e. The van der Waals surface area contributed by atoms with Crippen LogP contribution in [0.1, 0.15) is 21.6 Å².